The first kappa shape index (κ1) is 12.9. The van der Waals surface area contributed by atoms with Gasteiger partial charge in [0.05, 0.1) is 12.7 Å². The maximum absolute atomic E-state index is 9.60. The first-order valence-electron chi connectivity index (χ1n) is 5.94. The lowest BCUT2D eigenvalue weighted by Gasteiger charge is -2.22. The summed E-state index contributed by atoms with van der Waals surface area (Å²) in [5.41, 5.74) is 2.02. The molecule has 2 atom stereocenters. The van der Waals surface area contributed by atoms with Crippen molar-refractivity contribution in [3.63, 3.8) is 0 Å². The fraction of sp³-hybridized carbons (Fsp3) is 0.538. The Bertz CT molecular complexity index is 395. The largest absolute Gasteiger partial charge is 0.393 e. The summed E-state index contributed by atoms with van der Waals surface area (Å²) in [5.74, 6) is 0.338. The van der Waals surface area contributed by atoms with E-state index in [1.165, 1.54) is 0 Å². The molecule has 1 aromatic carbocycles. The van der Waals surface area contributed by atoms with Gasteiger partial charge < -0.3 is 15.1 Å². The van der Waals surface area contributed by atoms with Crippen molar-refractivity contribution in [2.45, 2.75) is 26.1 Å². The summed E-state index contributed by atoms with van der Waals surface area (Å²) in [5, 5.41) is 19.0. The molecule has 0 aliphatic carbocycles. The molecule has 0 bridgehead atoms. The Morgan fingerprint density at radius 1 is 1.53 bits per heavy atom. The van der Waals surface area contributed by atoms with Crippen molar-refractivity contribution in [2.24, 2.45) is 5.92 Å². The van der Waals surface area contributed by atoms with Crippen molar-refractivity contribution in [1.29, 1.82) is 0 Å². The van der Waals surface area contributed by atoms with E-state index in [9.17, 15) is 10.2 Å². The highest BCUT2D eigenvalue weighted by Crippen LogP contribution is 2.30. The Kier molecular flexibility index (Phi) is 4.07. The maximum Gasteiger partial charge on any atom is 0.0702 e. The minimum Gasteiger partial charge on any atom is -0.393 e. The van der Waals surface area contributed by atoms with Crippen LogP contribution in [0.2, 0.25) is 0 Å². The molecule has 1 aliphatic rings. The lowest BCUT2D eigenvalue weighted by atomic mass is 10.0. The Labute approximate surface area is 110 Å². The Balaban J connectivity index is 2.18. The normalized spacial score (nSPS) is 21.9. The van der Waals surface area contributed by atoms with Gasteiger partial charge in [0, 0.05) is 34.7 Å². The summed E-state index contributed by atoms with van der Waals surface area (Å²) in [6, 6.07) is 5.97. The van der Waals surface area contributed by atoms with Gasteiger partial charge in [0.15, 0.2) is 0 Å². The average Bonchev–Trinajstić information content (AvgIpc) is 2.78. The van der Waals surface area contributed by atoms with Crippen molar-refractivity contribution in [2.75, 3.05) is 18.0 Å². The zero-order valence-corrected chi connectivity index (χ0v) is 11.5. The highest BCUT2D eigenvalue weighted by atomic mass is 79.9. The summed E-state index contributed by atoms with van der Waals surface area (Å²) < 4.78 is 0.983. The number of benzene rings is 1. The summed E-state index contributed by atoms with van der Waals surface area (Å²) >= 11 is 3.41. The van der Waals surface area contributed by atoms with Gasteiger partial charge in [-0.05, 0) is 31.5 Å². The van der Waals surface area contributed by atoms with Crippen LogP contribution in [0.15, 0.2) is 22.7 Å². The van der Waals surface area contributed by atoms with Gasteiger partial charge in [-0.15, -0.1) is 0 Å². The minimum atomic E-state index is -0.256. The predicted octanol–water partition coefficient (Wildman–Crippen LogP) is 2.15. The van der Waals surface area contributed by atoms with Crippen molar-refractivity contribution in [1.82, 2.24) is 0 Å². The van der Waals surface area contributed by atoms with Crippen molar-refractivity contribution in [3.8, 4) is 0 Å². The zero-order valence-electron chi connectivity index (χ0n) is 9.93. The highest BCUT2D eigenvalue weighted by Gasteiger charge is 2.27. The first-order valence-corrected chi connectivity index (χ1v) is 6.73. The predicted molar refractivity (Wildman–Crippen MR) is 72.1 cm³/mol. The SMILES string of the molecule is CC(O)C1CCN(c2ccc(Br)cc2CO)C1. The second-order valence-corrected chi connectivity index (χ2v) is 5.58. The van der Waals surface area contributed by atoms with Crippen molar-refractivity contribution < 1.29 is 10.2 Å². The molecule has 94 valence electrons. The third-order valence-corrected chi connectivity index (χ3v) is 3.95. The van der Waals surface area contributed by atoms with Crippen LogP contribution < -0.4 is 4.90 Å². The number of hydrogen-bond donors (Lipinski definition) is 2. The molecule has 17 heavy (non-hydrogen) atoms. The van der Waals surface area contributed by atoms with E-state index in [0.29, 0.717) is 5.92 Å². The van der Waals surface area contributed by atoms with Crippen LogP contribution >= 0.6 is 15.9 Å². The Morgan fingerprint density at radius 3 is 2.88 bits per heavy atom. The van der Waals surface area contributed by atoms with Crippen LogP contribution in [0, 0.1) is 5.92 Å². The fourth-order valence-corrected chi connectivity index (χ4v) is 2.80. The molecular formula is C13H18BrNO2. The Hall–Kier alpha value is -0.580. The summed E-state index contributed by atoms with van der Waals surface area (Å²) in [6.07, 6.45) is 0.756. The van der Waals surface area contributed by atoms with E-state index >= 15 is 0 Å². The second kappa shape index (κ2) is 5.38. The van der Waals surface area contributed by atoms with Crippen molar-refractivity contribution in [3.05, 3.63) is 28.2 Å². The van der Waals surface area contributed by atoms with E-state index in [2.05, 4.69) is 20.8 Å². The van der Waals surface area contributed by atoms with E-state index in [0.717, 1.165) is 35.2 Å². The zero-order chi connectivity index (χ0) is 12.4. The molecule has 1 saturated heterocycles. The van der Waals surface area contributed by atoms with Crippen LogP contribution in [-0.2, 0) is 6.61 Å². The van der Waals surface area contributed by atoms with E-state index < -0.39 is 0 Å². The van der Waals surface area contributed by atoms with Gasteiger partial charge >= 0.3 is 0 Å². The van der Waals surface area contributed by atoms with E-state index in [1.54, 1.807) is 0 Å². The summed E-state index contributed by atoms with van der Waals surface area (Å²) in [6.45, 7) is 3.71. The number of anilines is 1. The molecule has 2 N–H and O–H groups in total. The van der Waals surface area contributed by atoms with Gasteiger partial charge in [0.1, 0.15) is 0 Å². The minimum absolute atomic E-state index is 0.0462. The lowest BCUT2D eigenvalue weighted by Crippen LogP contribution is -2.24. The molecule has 1 heterocycles. The third kappa shape index (κ3) is 2.81. The lowest BCUT2D eigenvalue weighted by molar-refractivity contribution is 0.136. The molecule has 1 aromatic rings. The molecule has 0 aromatic heterocycles. The van der Waals surface area contributed by atoms with Crippen LogP contribution in [0.3, 0.4) is 0 Å². The van der Waals surface area contributed by atoms with E-state index in [1.807, 2.05) is 25.1 Å². The molecule has 4 heteroatoms. The van der Waals surface area contributed by atoms with Crippen LogP contribution in [0.1, 0.15) is 18.9 Å². The molecule has 1 fully saturated rings. The number of aliphatic hydroxyl groups excluding tert-OH is 2. The van der Waals surface area contributed by atoms with Gasteiger partial charge in [-0.25, -0.2) is 0 Å². The van der Waals surface area contributed by atoms with Gasteiger partial charge in [0.2, 0.25) is 0 Å². The second-order valence-electron chi connectivity index (χ2n) is 4.67. The first-order chi connectivity index (χ1) is 8.11. The number of hydrogen-bond acceptors (Lipinski definition) is 3. The molecule has 2 rings (SSSR count). The third-order valence-electron chi connectivity index (χ3n) is 3.46. The summed E-state index contributed by atoms with van der Waals surface area (Å²) in [7, 11) is 0. The molecular weight excluding hydrogens is 282 g/mol. The smallest absolute Gasteiger partial charge is 0.0702 e. The number of halogens is 1. The van der Waals surface area contributed by atoms with Crippen molar-refractivity contribution >= 4 is 21.6 Å². The molecule has 0 amide bonds. The van der Waals surface area contributed by atoms with Crippen LogP contribution in [0.25, 0.3) is 0 Å². The van der Waals surface area contributed by atoms with Crippen LogP contribution in [0.4, 0.5) is 5.69 Å². The van der Waals surface area contributed by atoms with Crippen LogP contribution in [-0.4, -0.2) is 29.4 Å². The molecule has 3 nitrogen and oxygen atoms in total. The standard InChI is InChI=1S/C13H18BrNO2/c1-9(17)10-4-5-15(7-10)13-3-2-12(14)6-11(13)8-16/h2-3,6,9-10,16-17H,4-5,7-8H2,1H3. The van der Waals surface area contributed by atoms with Gasteiger partial charge in [0.25, 0.3) is 0 Å². The average molecular weight is 300 g/mol. The molecule has 0 saturated carbocycles. The summed E-state index contributed by atoms with van der Waals surface area (Å²) in [4.78, 5) is 2.25. The molecule has 0 radical (unpaired) electrons. The van der Waals surface area contributed by atoms with E-state index in [4.69, 9.17) is 0 Å². The van der Waals surface area contributed by atoms with E-state index in [-0.39, 0.29) is 12.7 Å². The fourth-order valence-electron chi connectivity index (χ4n) is 2.39. The highest BCUT2D eigenvalue weighted by molar-refractivity contribution is 9.10. The topological polar surface area (TPSA) is 43.7 Å². The van der Waals surface area contributed by atoms with Gasteiger partial charge in [-0.1, -0.05) is 15.9 Å². The number of aliphatic hydroxyl groups is 2. The van der Waals surface area contributed by atoms with Crippen LogP contribution in [0.5, 0.6) is 0 Å². The number of rotatable bonds is 3. The van der Waals surface area contributed by atoms with Gasteiger partial charge in [-0.3, -0.25) is 0 Å². The monoisotopic (exact) mass is 299 g/mol. The maximum atomic E-state index is 9.60. The Morgan fingerprint density at radius 2 is 2.29 bits per heavy atom. The number of nitrogens with zero attached hydrogens (tertiary/aromatic N) is 1. The quantitative estimate of drug-likeness (QED) is 0.899. The van der Waals surface area contributed by atoms with Gasteiger partial charge in [-0.2, -0.15) is 0 Å². The molecule has 2 unspecified atom stereocenters. The molecule has 0 spiro atoms. The molecule has 1 aliphatic heterocycles.